The third-order valence-corrected chi connectivity index (χ3v) is 1.87. The number of amides is 2. The number of carboxylic acid groups (broad SMARTS) is 1. The minimum absolute atomic E-state index is 0.0119. The van der Waals surface area contributed by atoms with Gasteiger partial charge in [-0.25, -0.2) is 9.59 Å². The van der Waals surface area contributed by atoms with E-state index in [2.05, 4.69) is 11.9 Å². The van der Waals surface area contributed by atoms with Crippen molar-refractivity contribution >= 4 is 12.0 Å². The van der Waals surface area contributed by atoms with E-state index in [-0.39, 0.29) is 13.0 Å². The van der Waals surface area contributed by atoms with Gasteiger partial charge in [0.15, 0.2) is 0 Å². The highest BCUT2D eigenvalue weighted by Gasteiger charge is 2.20. The number of hydrogen-bond acceptors (Lipinski definition) is 3. The summed E-state index contributed by atoms with van der Waals surface area (Å²) in [7, 11) is 1.54. The van der Waals surface area contributed by atoms with E-state index in [9.17, 15) is 9.59 Å². The third kappa shape index (κ3) is 5.35. The SMILES string of the molecule is C=C(C)CN(C)C(=O)N[C@H](CCO)C(=O)O. The number of carboxylic acids is 1. The molecule has 6 heteroatoms. The molecule has 0 rings (SSSR count). The Balaban J connectivity index is 4.28. The van der Waals surface area contributed by atoms with Crippen LogP contribution in [0.4, 0.5) is 4.79 Å². The molecule has 0 aromatic rings. The van der Waals surface area contributed by atoms with Gasteiger partial charge in [0.05, 0.1) is 0 Å². The number of nitrogens with zero attached hydrogens (tertiary/aromatic N) is 1. The second kappa shape index (κ2) is 6.84. The van der Waals surface area contributed by atoms with E-state index in [1.54, 1.807) is 14.0 Å². The Labute approximate surface area is 94.6 Å². The minimum atomic E-state index is -1.16. The van der Waals surface area contributed by atoms with Crippen LogP contribution in [-0.2, 0) is 4.79 Å². The number of hydrogen-bond donors (Lipinski definition) is 3. The highest BCUT2D eigenvalue weighted by molar-refractivity contribution is 5.82. The molecule has 16 heavy (non-hydrogen) atoms. The van der Waals surface area contributed by atoms with Crippen molar-refractivity contribution in [1.82, 2.24) is 10.2 Å². The Bertz CT molecular complexity index is 278. The van der Waals surface area contributed by atoms with E-state index < -0.39 is 18.0 Å². The lowest BCUT2D eigenvalue weighted by atomic mass is 10.2. The average Bonchev–Trinajstić information content (AvgIpc) is 2.15. The van der Waals surface area contributed by atoms with E-state index >= 15 is 0 Å². The third-order valence-electron chi connectivity index (χ3n) is 1.87. The standard InChI is InChI=1S/C10H18N2O4/c1-7(2)6-12(3)10(16)11-8(4-5-13)9(14)15/h8,13H,1,4-6H2,2-3H3,(H,11,16)(H,14,15)/t8-/m1/s1. The average molecular weight is 230 g/mol. The molecule has 0 unspecified atom stereocenters. The van der Waals surface area contributed by atoms with Gasteiger partial charge >= 0.3 is 12.0 Å². The molecule has 6 nitrogen and oxygen atoms in total. The van der Waals surface area contributed by atoms with Crippen LogP contribution in [0.3, 0.4) is 0 Å². The van der Waals surface area contributed by atoms with Crippen LogP contribution in [0.1, 0.15) is 13.3 Å². The molecule has 0 spiro atoms. The van der Waals surface area contributed by atoms with Crippen molar-refractivity contribution in [3.05, 3.63) is 12.2 Å². The first kappa shape index (κ1) is 14.4. The molecule has 2 amide bonds. The summed E-state index contributed by atoms with van der Waals surface area (Å²) in [6.07, 6.45) is -0.0119. The number of carbonyl (C=O) groups is 2. The number of carbonyl (C=O) groups excluding carboxylic acids is 1. The Kier molecular flexibility index (Phi) is 6.17. The molecule has 0 radical (unpaired) electrons. The molecule has 0 bridgehead atoms. The highest BCUT2D eigenvalue weighted by Crippen LogP contribution is 1.97. The van der Waals surface area contributed by atoms with Gasteiger partial charge in [-0.3, -0.25) is 0 Å². The summed E-state index contributed by atoms with van der Waals surface area (Å²) in [6.45, 7) is 5.49. The van der Waals surface area contributed by atoms with Crippen LogP contribution >= 0.6 is 0 Å². The predicted octanol–water partition coefficient (Wildman–Crippen LogP) is 0.0395. The van der Waals surface area contributed by atoms with Crippen LogP contribution in [0.15, 0.2) is 12.2 Å². The Morgan fingerprint density at radius 3 is 2.44 bits per heavy atom. The van der Waals surface area contributed by atoms with E-state index in [0.29, 0.717) is 6.54 Å². The summed E-state index contributed by atoms with van der Waals surface area (Å²) in [5, 5.41) is 19.7. The van der Waals surface area contributed by atoms with Crippen molar-refractivity contribution in [2.45, 2.75) is 19.4 Å². The molecular formula is C10H18N2O4. The summed E-state index contributed by atoms with van der Waals surface area (Å²) in [5.74, 6) is -1.16. The lowest BCUT2D eigenvalue weighted by Crippen LogP contribution is -2.47. The highest BCUT2D eigenvalue weighted by atomic mass is 16.4. The maximum Gasteiger partial charge on any atom is 0.326 e. The molecule has 0 heterocycles. The Morgan fingerprint density at radius 2 is 2.06 bits per heavy atom. The van der Waals surface area contributed by atoms with Gasteiger partial charge in [-0.2, -0.15) is 0 Å². The fraction of sp³-hybridized carbons (Fsp3) is 0.600. The van der Waals surface area contributed by atoms with Gasteiger partial charge in [0.2, 0.25) is 0 Å². The molecule has 0 aliphatic rings. The Morgan fingerprint density at radius 1 is 1.50 bits per heavy atom. The van der Waals surface area contributed by atoms with Gasteiger partial charge in [0.1, 0.15) is 6.04 Å². The smallest absolute Gasteiger partial charge is 0.326 e. The zero-order chi connectivity index (χ0) is 12.7. The quantitative estimate of drug-likeness (QED) is 0.562. The zero-order valence-corrected chi connectivity index (χ0v) is 9.56. The number of urea groups is 1. The van der Waals surface area contributed by atoms with Crippen LogP contribution in [-0.4, -0.2) is 53.4 Å². The maximum atomic E-state index is 11.5. The molecule has 0 saturated heterocycles. The number of aliphatic hydroxyl groups excluding tert-OH is 1. The number of aliphatic hydroxyl groups is 1. The van der Waals surface area contributed by atoms with Crippen LogP contribution in [0.25, 0.3) is 0 Å². The maximum absolute atomic E-state index is 11.5. The second-order valence-corrected chi connectivity index (χ2v) is 3.67. The molecule has 0 fully saturated rings. The summed E-state index contributed by atoms with van der Waals surface area (Å²) in [6, 6.07) is -1.56. The van der Waals surface area contributed by atoms with Crippen molar-refractivity contribution in [2.24, 2.45) is 0 Å². The second-order valence-electron chi connectivity index (χ2n) is 3.67. The van der Waals surface area contributed by atoms with Crippen molar-refractivity contribution in [3.8, 4) is 0 Å². The molecule has 0 aromatic carbocycles. The van der Waals surface area contributed by atoms with Gasteiger partial charge < -0.3 is 20.4 Å². The summed E-state index contributed by atoms with van der Waals surface area (Å²) < 4.78 is 0. The monoisotopic (exact) mass is 230 g/mol. The molecular weight excluding hydrogens is 212 g/mol. The first-order valence-electron chi connectivity index (χ1n) is 4.88. The van der Waals surface area contributed by atoms with E-state index in [1.807, 2.05) is 0 Å². The fourth-order valence-electron chi connectivity index (χ4n) is 1.12. The lowest BCUT2D eigenvalue weighted by Gasteiger charge is -2.21. The van der Waals surface area contributed by atoms with E-state index in [0.717, 1.165) is 5.57 Å². The van der Waals surface area contributed by atoms with Crippen molar-refractivity contribution in [2.75, 3.05) is 20.2 Å². The fourth-order valence-corrected chi connectivity index (χ4v) is 1.12. The van der Waals surface area contributed by atoms with Gasteiger partial charge in [-0.1, -0.05) is 12.2 Å². The predicted molar refractivity (Wildman–Crippen MR) is 59.1 cm³/mol. The molecule has 0 saturated carbocycles. The van der Waals surface area contributed by atoms with Gasteiger partial charge in [-0.05, 0) is 6.92 Å². The lowest BCUT2D eigenvalue weighted by molar-refractivity contribution is -0.139. The topological polar surface area (TPSA) is 89.9 Å². The van der Waals surface area contributed by atoms with Gasteiger partial charge in [0, 0.05) is 26.6 Å². The normalized spacial score (nSPS) is 11.7. The van der Waals surface area contributed by atoms with Crippen molar-refractivity contribution in [1.29, 1.82) is 0 Å². The molecule has 0 aromatic heterocycles. The van der Waals surface area contributed by atoms with Crippen molar-refractivity contribution in [3.63, 3.8) is 0 Å². The molecule has 0 aliphatic heterocycles. The molecule has 92 valence electrons. The van der Waals surface area contributed by atoms with Crippen LogP contribution < -0.4 is 5.32 Å². The molecule has 0 aliphatic carbocycles. The van der Waals surface area contributed by atoms with Crippen LogP contribution in [0.5, 0.6) is 0 Å². The van der Waals surface area contributed by atoms with E-state index in [4.69, 9.17) is 10.2 Å². The van der Waals surface area contributed by atoms with Gasteiger partial charge in [-0.15, -0.1) is 0 Å². The summed E-state index contributed by atoms with van der Waals surface area (Å²) in [5.41, 5.74) is 0.798. The van der Waals surface area contributed by atoms with Gasteiger partial charge in [0.25, 0.3) is 0 Å². The number of rotatable bonds is 6. The largest absolute Gasteiger partial charge is 0.480 e. The van der Waals surface area contributed by atoms with Crippen LogP contribution in [0.2, 0.25) is 0 Å². The number of aliphatic carboxylic acids is 1. The molecule has 1 atom stereocenters. The summed E-state index contributed by atoms with van der Waals surface area (Å²) in [4.78, 5) is 23.5. The zero-order valence-electron chi connectivity index (χ0n) is 9.56. The Hall–Kier alpha value is -1.56. The number of nitrogens with one attached hydrogen (secondary N) is 1. The summed E-state index contributed by atoms with van der Waals surface area (Å²) >= 11 is 0. The first-order valence-corrected chi connectivity index (χ1v) is 4.88. The molecule has 3 N–H and O–H groups in total. The minimum Gasteiger partial charge on any atom is -0.480 e. The van der Waals surface area contributed by atoms with Crippen LogP contribution in [0, 0.1) is 0 Å². The number of likely N-dealkylation sites (N-methyl/N-ethyl adjacent to an activating group) is 1. The van der Waals surface area contributed by atoms with E-state index in [1.165, 1.54) is 4.90 Å². The van der Waals surface area contributed by atoms with Crippen molar-refractivity contribution < 1.29 is 19.8 Å². The first-order chi connectivity index (χ1) is 7.38.